The average molecular weight is 297 g/mol. The third-order valence-electron chi connectivity index (χ3n) is 2.81. The first-order valence-corrected chi connectivity index (χ1v) is 7.43. The molecule has 1 aliphatic heterocycles. The van der Waals surface area contributed by atoms with Crippen LogP contribution in [0.2, 0.25) is 0 Å². The summed E-state index contributed by atoms with van der Waals surface area (Å²) in [5, 5.41) is 9.65. The smallest absolute Gasteiger partial charge is 0.383 e. The summed E-state index contributed by atoms with van der Waals surface area (Å²) in [6.07, 6.45) is -2.81. The van der Waals surface area contributed by atoms with Gasteiger partial charge in [0.05, 0.1) is 4.88 Å². The molecule has 0 aromatic carbocycles. The number of aromatic nitrogens is 1. The molecule has 0 aliphatic carbocycles. The van der Waals surface area contributed by atoms with Gasteiger partial charge in [-0.15, -0.1) is 11.3 Å². The number of aliphatic hydroxyl groups is 1. The summed E-state index contributed by atoms with van der Waals surface area (Å²) in [7, 11) is 0. The fraction of sp³-hybridized carbons (Fsp3) is 0.727. The first kappa shape index (κ1) is 14.1. The molecule has 1 saturated heterocycles. The Labute approximate surface area is 112 Å². The van der Waals surface area contributed by atoms with Gasteiger partial charge in [-0.25, -0.2) is 4.98 Å². The van der Waals surface area contributed by atoms with E-state index in [-0.39, 0.29) is 5.41 Å². The van der Waals surface area contributed by atoms with Crippen molar-refractivity contribution < 1.29 is 18.3 Å². The maximum atomic E-state index is 12.5. The molecule has 1 atom stereocenters. The Morgan fingerprint density at radius 1 is 1.33 bits per heavy atom. The minimum Gasteiger partial charge on any atom is -0.383 e. The van der Waals surface area contributed by atoms with Crippen LogP contribution in [0.15, 0.2) is 6.20 Å². The lowest BCUT2D eigenvalue weighted by molar-refractivity contribution is -0.137. The third kappa shape index (κ3) is 2.83. The highest BCUT2D eigenvalue weighted by atomic mass is 32.2. The van der Waals surface area contributed by atoms with Crippen LogP contribution in [0.1, 0.15) is 30.2 Å². The molecule has 0 radical (unpaired) electrons. The second-order valence-corrected chi connectivity index (χ2v) is 7.41. The van der Waals surface area contributed by atoms with E-state index in [1.807, 2.05) is 13.8 Å². The second-order valence-electron chi connectivity index (χ2n) is 5.39. The Bertz CT molecular complexity index is 444. The van der Waals surface area contributed by atoms with Crippen LogP contribution < -0.4 is 0 Å². The number of rotatable bonds is 1. The second kappa shape index (κ2) is 4.38. The van der Waals surface area contributed by atoms with Gasteiger partial charge in [0.1, 0.15) is 5.60 Å². The van der Waals surface area contributed by atoms with Gasteiger partial charge in [-0.05, 0) is 17.6 Å². The van der Waals surface area contributed by atoms with Crippen molar-refractivity contribution in [2.75, 3.05) is 11.5 Å². The van der Waals surface area contributed by atoms with E-state index >= 15 is 0 Å². The molecule has 2 nitrogen and oxygen atoms in total. The number of hydrogen-bond donors (Lipinski definition) is 1. The number of hydrogen-bond acceptors (Lipinski definition) is 4. The van der Waals surface area contributed by atoms with E-state index in [9.17, 15) is 18.3 Å². The molecule has 2 rings (SSSR count). The van der Waals surface area contributed by atoms with E-state index in [2.05, 4.69) is 4.98 Å². The Kier molecular flexibility index (Phi) is 3.44. The largest absolute Gasteiger partial charge is 0.443 e. The zero-order chi connectivity index (χ0) is 13.6. The molecule has 18 heavy (non-hydrogen) atoms. The van der Waals surface area contributed by atoms with Gasteiger partial charge in [0.15, 0.2) is 5.01 Å². The van der Waals surface area contributed by atoms with Crippen molar-refractivity contribution in [1.82, 2.24) is 4.98 Å². The molecule has 1 aliphatic rings. The number of halogens is 3. The summed E-state index contributed by atoms with van der Waals surface area (Å²) in [4.78, 5) is 3.69. The van der Waals surface area contributed by atoms with Gasteiger partial charge in [-0.3, -0.25) is 0 Å². The molecule has 7 heteroatoms. The van der Waals surface area contributed by atoms with Crippen LogP contribution in [0.4, 0.5) is 13.2 Å². The van der Waals surface area contributed by atoms with E-state index in [1.54, 1.807) is 11.8 Å². The van der Waals surface area contributed by atoms with Crippen molar-refractivity contribution >= 4 is 23.1 Å². The maximum Gasteiger partial charge on any atom is 0.443 e. The molecule has 0 amide bonds. The lowest BCUT2D eigenvalue weighted by Crippen LogP contribution is -2.39. The predicted molar refractivity (Wildman–Crippen MR) is 66.7 cm³/mol. The molecule has 1 unspecified atom stereocenters. The lowest BCUT2D eigenvalue weighted by atomic mass is 9.81. The number of thiazole rings is 1. The SMILES string of the molecule is CC1(C)CSCC(O)(c2cnc(C(F)(F)F)s2)C1. The normalized spacial score (nSPS) is 28.3. The van der Waals surface area contributed by atoms with Crippen molar-refractivity contribution in [1.29, 1.82) is 0 Å². The standard InChI is InChI=1S/C11H14F3NOS2/c1-9(2)4-10(16,6-17-5-9)7-3-15-8(18-7)11(12,13)14/h3,16H,4-6H2,1-2H3. The molecule has 0 spiro atoms. The molecular weight excluding hydrogens is 283 g/mol. The lowest BCUT2D eigenvalue weighted by Gasteiger charge is -2.40. The van der Waals surface area contributed by atoms with Crippen molar-refractivity contribution in [2.24, 2.45) is 5.41 Å². The van der Waals surface area contributed by atoms with E-state index in [4.69, 9.17) is 0 Å². The van der Waals surface area contributed by atoms with Crippen molar-refractivity contribution in [3.8, 4) is 0 Å². The van der Waals surface area contributed by atoms with E-state index in [1.165, 1.54) is 0 Å². The molecule has 0 saturated carbocycles. The van der Waals surface area contributed by atoms with Gasteiger partial charge >= 0.3 is 6.18 Å². The minimum atomic E-state index is -4.43. The number of alkyl halides is 3. The highest BCUT2D eigenvalue weighted by Crippen LogP contribution is 2.46. The summed E-state index contributed by atoms with van der Waals surface area (Å²) in [6, 6.07) is 0. The van der Waals surface area contributed by atoms with Crippen molar-refractivity contribution in [3.63, 3.8) is 0 Å². The number of thioether (sulfide) groups is 1. The topological polar surface area (TPSA) is 33.1 Å². The predicted octanol–water partition coefficient (Wildman–Crippen LogP) is 3.51. The van der Waals surface area contributed by atoms with Gasteiger partial charge in [0.2, 0.25) is 0 Å². The fourth-order valence-electron chi connectivity index (χ4n) is 2.17. The van der Waals surface area contributed by atoms with Gasteiger partial charge < -0.3 is 5.11 Å². The molecule has 1 fully saturated rings. The minimum absolute atomic E-state index is 0.0833. The molecule has 102 valence electrons. The van der Waals surface area contributed by atoms with Crippen LogP contribution in [0.3, 0.4) is 0 Å². The average Bonchev–Trinajstić information content (AvgIpc) is 2.63. The summed E-state index contributed by atoms with van der Waals surface area (Å²) >= 11 is 2.11. The van der Waals surface area contributed by atoms with E-state index in [0.29, 0.717) is 28.4 Å². The zero-order valence-electron chi connectivity index (χ0n) is 10.0. The summed E-state index contributed by atoms with van der Waals surface area (Å²) < 4.78 is 37.5. The monoisotopic (exact) mass is 297 g/mol. The molecule has 2 heterocycles. The first-order valence-electron chi connectivity index (χ1n) is 5.46. The van der Waals surface area contributed by atoms with Crippen LogP contribution >= 0.6 is 23.1 Å². The Hall–Kier alpha value is -0.270. The molecule has 1 aromatic heterocycles. The quantitative estimate of drug-likeness (QED) is 0.861. The van der Waals surface area contributed by atoms with Gasteiger partial charge in [0, 0.05) is 11.9 Å². The highest BCUT2D eigenvalue weighted by Gasteiger charge is 2.43. The Morgan fingerprint density at radius 3 is 2.50 bits per heavy atom. The maximum absolute atomic E-state index is 12.5. The van der Waals surface area contributed by atoms with Gasteiger partial charge in [0.25, 0.3) is 0 Å². The van der Waals surface area contributed by atoms with Crippen LogP contribution in [-0.4, -0.2) is 21.6 Å². The zero-order valence-corrected chi connectivity index (χ0v) is 11.7. The summed E-state index contributed by atoms with van der Waals surface area (Å²) in [6.45, 7) is 4.02. The molecule has 1 aromatic rings. The van der Waals surface area contributed by atoms with Crippen LogP contribution in [-0.2, 0) is 11.8 Å². The third-order valence-corrected chi connectivity index (χ3v) is 5.71. The van der Waals surface area contributed by atoms with Crippen LogP contribution in [0.5, 0.6) is 0 Å². The molecule has 0 bridgehead atoms. The van der Waals surface area contributed by atoms with Gasteiger partial charge in [-0.1, -0.05) is 13.8 Å². The number of nitrogens with zero attached hydrogens (tertiary/aromatic N) is 1. The van der Waals surface area contributed by atoms with Crippen LogP contribution in [0.25, 0.3) is 0 Å². The van der Waals surface area contributed by atoms with Crippen LogP contribution in [0, 0.1) is 5.41 Å². The van der Waals surface area contributed by atoms with Crippen molar-refractivity contribution in [3.05, 3.63) is 16.1 Å². The van der Waals surface area contributed by atoms with Gasteiger partial charge in [-0.2, -0.15) is 24.9 Å². The molecule has 1 N–H and O–H groups in total. The Morgan fingerprint density at radius 2 is 2.00 bits per heavy atom. The highest BCUT2D eigenvalue weighted by molar-refractivity contribution is 7.99. The van der Waals surface area contributed by atoms with E-state index < -0.39 is 16.8 Å². The van der Waals surface area contributed by atoms with E-state index in [0.717, 1.165) is 11.9 Å². The summed E-state index contributed by atoms with van der Waals surface area (Å²) in [5.74, 6) is 1.33. The summed E-state index contributed by atoms with van der Waals surface area (Å²) in [5.41, 5.74) is -1.27. The van der Waals surface area contributed by atoms with Crippen molar-refractivity contribution in [2.45, 2.75) is 32.0 Å². The Balaban J connectivity index is 2.28. The first-order chi connectivity index (χ1) is 8.12. The molecular formula is C11H14F3NOS2. The fourth-order valence-corrected chi connectivity index (χ4v) is 4.48.